The number of nitrogens with zero attached hydrogens (tertiary/aromatic N) is 4. The molecular weight excluding hydrogens is 399 g/mol. The quantitative estimate of drug-likeness (QED) is 0.676. The second-order valence-corrected chi connectivity index (χ2v) is 7.08. The van der Waals surface area contributed by atoms with E-state index in [-0.39, 0.29) is 28.9 Å². The SMILES string of the molecule is N#C[C@H]1CCOC[C@@H]1n1cc(C(N)=O)c(Nc2cc(F)c3nccc(Cl)c3c2)n1. The van der Waals surface area contributed by atoms with E-state index in [1.807, 2.05) is 0 Å². The van der Waals surface area contributed by atoms with Crippen LogP contribution in [0, 0.1) is 23.1 Å². The van der Waals surface area contributed by atoms with E-state index < -0.39 is 11.7 Å². The number of amides is 1. The van der Waals surface area contributed by atoms with Crippen molar-refractivity contribution < 1.29 is 13.9 Å². The van der Waals surface area contributed by atoms with Crippen molar-refractivity contribution in [3.63, 3.8) is 0 Å². The number of primary amides is 1. The van der Waals surface area contributed by atoms with Crippen molar-refractivity contribution in [1.82, 2.24) is 14.8 Å². The zero-order chi connectivity index (χ0) is 20.5. The highest BCUT2D eigenvalue weighted by Gasteiger charge is 2.29. The van der Waals surface area contributed by atoms with Gasteiger partial charge in [0, 0.05) is 30.1 Å². The van der Waals surface area contributed by atoms with Gasteiger partial charge in [0.05, 0.1) is 29.7 Å². The molecule has 3 N–H and O–H groups in total. The Bertz CT molecular complexity index is 1140. The maximum absolute atomic E-state index is 14.5. The van der Waals surface area contributed by atoms with Crippen LogP contribution in [0.15, 0.2) is 30.6 Å². The number of anilines is 2. The topological polar surface area (TPSA) is 119 Å². The lowest BCUT2D eigenvalue weighted by Crippen LogP contribution is -2.29. The molecule has 2 aromatic heterocycles. The highest BCUT2D eigenvalue weighted by Crippen LogP contribution is 2.31. The van der Waals surface area contributed by atoms with Crippen molar-refractivity contribution in [3.05, 3.63) is 47.0 Å². The van der Waals surface area contributed by atoms with Crippen LogP contribution in [0.3, 0.4) is 0 Å². The van der Waals surface area contributed by atoms with Crippen molar-refractivity contribution in [2.24, 2.45) is 11.7 Å². The molecule has 1 fully saturated rings. The third kappa shape index (κ3) is 3.60. The van der Waals surface area contributed by atoms with E-state index >= 15 is 0 Å². The van der Waals surface area contributed by atoms with Crippen LogP contribution < -0.4 is 11.1 Å². The summed E-state index contributed by atoms with van der Waals surface area (Å²) in [6.07, 6.45) is 3.46. The van der Waals surface area contributed by atoms with Gasteiger partial charge in [-0.1, -0.05) is 11.6 Å². The zero-order valence-corrected chi connectivity index (χ0v) is 15.9. The molecule has 1 aliphatic heterocycles. The third-order valence-electron chi connectivity index (χ3n) is 4.84. The van der Waals surface area contributed by atoms with Crippen LogP contribution in [0.25, 0.3) is 10.9 Å². The Hall–Kier alpha value is -3.22. The molecule has 1 saturated heterocycles. The molecule has 3 heterocycles. The molecule has 29 heavy (non-hydrogen) atoms. The molecule has 8 nitrogen and oxygen atoms in total. The molecule has 3 aromatic rings. The minimum absolute atomic E-state index is 0.116. The van der Waals surface area contributed by atoms with Crippen LogP contribution in [0.5, 0.6) is 0 Å². The van der Waals surface area contributed by atoms with Gasteiger partial charge in [-0.2, -0.15) is 10.4 Å². The number of nitriles is 1. The molecule has 0 saturated carbocycles. The fourth-order valence-electron chi connectivity index (χ4n) is 3.36. The van der Waals surface area contributed by atoms with Gasteiger partial charge in [0.2, 0.25) is 0 Å². The average Bonchev–Trinajstić information content (AvgIpc) is 3.13. The number of benzene rings is 1. The normalized spacial score (nSPS) is 19.1. The Morgan fingerprint density at radius 2 is 2.31 bits per heavy atom. The molecule has 1 aliphatic rings. The Kier molecular flexibility index (Phi) is 5.05. The predicted molar refractivity (Wildman–Crippen MR) is 104 cm³/mol. The van der Waals surface area contributed by atoms with E-state index in [0.717, 1.165) is 0 Å². The number of nitrogens with two attached hydrogens (primary N) is 1. The predicted octanol–water partition coefficient (Wildman–Crippen LogP) is 3.17. The average molecular weight is 415 g/mol. The fourth-order valence-corrected chi connectivity index (χ4v) is 3.56. The first-order valence-electron chi connectivity index (χ1n) is 8.85. The number of rotatable bonds is 4. The molecule has 0 aliphatic carbocycles. The van der Waals surface area contributed by atoms with Crippen LogP contribution in [0.1, 0.15) is 22.8 Å². The van der Waals surface area contributed by atoms with Gasteiger partial charge in [-0.05, 0) is 24.6 Å². The van der Waals surface area contributed by atoms with Gasteiger partial charge in [0.15, 0.2) is 11.6 Å². The van der Waals surface area contributed by atoms with E-state index in [2.05, 4.69) is 21.5 Å². The number of carbonyl (C=O) groups is 1. The van der Waals surface area contributed by atoms with E-state index in [9.17, 15) is 14.4 Å². The zero-order valence-electron chi connectivity index (χ0n) is 15.1. The number of fused-ring (bicyclic) bond motifs is 1. The van der Waals surface area contributed by atoms with Crippen molar-refractivity contribution in [1.29, 1.82) is 5.26 Å². The summed E-state index contributed by atoms with van der Waals surface area (Å²) in [6.45, 7) is 0.790. The summed E-state index contributed by atoms with van der Waals surface area (Å²) in [5, 5.41) is 17.5. The van der Waals surface area contributed by atoms with E-state index in [1.54, 1.807) is 12.1 Å². The number of halogens is 2. The molecule has 1 aromatic carbocycles. The van der Waals surface area contributed by atoms with Gasteiger partial charge in [0.25, 0.3) is 5.91 Å². The number of hydrogen-bond donors (Lipinski definition) is 2. The van der Waals surface area contributed by atoms with Crippen molar-refractivity contribution >= 4 is 39.9 Å². The Morgan fingerprint density at radius 1 is 1.48 bits per heavy atom. The second kappa shape index (κ2) is 7.66. The molecule has 1 amide bonds. The summed E-state index contributed by atoms with van der Waals surface area (Å²) in [7, 11) is 0. The van der Waals surface area contributed by atoms with Crippen LogP contribution in [-0.4, -0.2) is 33.9 Å². The number of carbonyl (C=O) groups excluding carboxylic acids is 1. The van der Waals surface area contributed by atoms with Gasteiger partial charge in [-0.25, -0.2) is 4.39 Å². The van der Waals surface area contributed by atoms with Gasteiger partial charge in [0.1, 0.15) is 11.1 Å². The number of aromatic nitrogens is 3. The standard InChI is InChI=1S/C19H16ClFN6O2/c20-14-1-3-24-17-12(14)5-11(6-15(17)21)25-19-13(18(23)28)8-27(26-19)16-9-29-4-2-10(16)7-22/h1,3,5-6,8,10,16H,2,4,9H2,(H2,23,28)(H,25,26)/t10-,16+/m1/s1. The summed E-state index contributed by atoms with van der Waals surface area (Å²) in [6, 6.07) is 6.29. The molecule has 148 valence electrons. The summed E-state index contributed by atoms with van der Waals surface area (Å²) in [4.78, 5) is 15.9. The lowest BCUT2D eigenvalue weighted by Gasteiger charge is -2.26. The van der Waals surface area contributed by atoms with Gasteiger partial charge in [-0.3, -0.25) is 14.5 Å². The van der Waals surface area contributed by atoms with Crippen molar-refractivity contribution in [2.45, 2.75) is 12.5 Å². The summed E-state index contributed by atoms with van der Waals surface area (Å²) < 4.78 is 21.4. The highest BCUT2D eigenvalue weighted by molar-refractivity contribution is 6.35. The first-order valence-corrected chi connectivity index (χ1v) is 9.23. The first kappa shape index (κ1) is 19.1. The smallest absolute Gasteiger partial charge is 0.254 e. The summed E-state index contributed by atoms with van der Waals surface area (Å²) in [5.74, 6) is -1.43. The Labute approximate surface area is 170 Å². The van der Waals surface area contributed by atoms with Gasteiger partial charge < -0.3 is 15.8 Å². The first-order chi connectivity index (χ1) is 14.0. The molecule has 10 heteroatoms. The monoisotopic (exact) mass is 414 g/mol. The minimum Gasteiger partial charge on any atom is -0.379 e. The Balaban J connectivity index is 1.73. The summed E-state index contributed by atoms with van der Waals surface area (Å²) in [5.41, 5.74) is 6.07. The number of hydrogen-bond acceptors (Lipinski definition) is 6. The van der Waals surface area contributed by atoms with Crippen LogP contribution in [0.4, 0.5) is 15.9 Å². The van der Waals surface area contributed by atoms with E-state index in [1.165, 1.54) is 23.1 Å². The minimum atomic E-state index is -0.704. The van der Waals surface area contributed by atoms with Crippen LogP contribution in [0.2, 0.25) is 5.02 Å². The molecule has 2 atom stereocenters. The fraction of sp³-hybridized carbons (Fsp3) is 0.263. The maximum Gasteiger partial charge on any atom is 0.254 e. The van der Waals surface area contributed by atoms with Crippen LogP contribution >= 0.6 is 11.6 Å². The third-order valence-corrected chi connectivity index (χ3v) is 5.17. The Morgan fingerprint density at radius 3 is 3.07 bits per heavy atom. The van der Waals surface area contributed by atoms with Crippen molar-refractivity contribution in [3.8, 4) is 6.07 Å². The number of ether oxygens (including phenoxy) is 1. The molecule has 0 spiro atoms. The lowest BCUT2D eigenvalue weighted by atomic mass is 9.97. The summed E-state index contributed by atoms with van der Waals surface area (Å²) >= 11 is 6.15. The highest BCUT2D eigenvalue weighted by atomic mass is 35.5. The van der Waals surface area contributed by atoms with E-state index in [0.29, 0.717) is 35.7 Å². The maximum atomic E-state index is 14.5. The van der Waals surface area contributed by atoms with E-state index in [4.69, 9.17) is 22.1 Å². The molecule has 0 bridgehead atoms. The van der Waals surface area contributed by atoms with Crippen molar-refractivity contribution in [2.75, 3.05) is 18.5 Å². The largest absolute Gasteiger partial charge is 0.379 e. The molecular formula is C19H16ClFN6O2. The van der Waals surface area contributed by atoms with Gasteiger partial charge in [-0.15, -0.1) is 0 Å². The van der Waals surface area contributed by atoms with Crippen LogP contribution in [-0.2, 0) is 4.74 Å². The van der Waals surface area contributed by atoms with Gasteiger partial charge >= 0.3 is 0 Å². The number of pyridine rings is 1. The lowest BCUT2D eigenvalue weighted by molar-refractivity contribution is 0.0342. The number of nitrogens with one attached hydrogen (secondary N) is 1. The molecule has 0 radical (unpaired) electrons. The molecule has 4 rings (SSSR count). The second-order valence-electron chi connectivity index (χ2n) is 6.67. The molecule has 0 unspecified atom stereocenters.